The Bertz CT molecular complexity index is 806. The number of carbonyl (C=O) groups excluding carboxylic acids is 2. The topological polar surface area (TPSA) is 64.6 Å². The van der Waals surface area contributed by atoms with Gasteiger partial charge < -0.3 is 14.8 Å². The number of rotatable bonds is 6. The molecule has 9 heteroatoms. The third-order valence-electron chi connectivity index (χ3n) is 3.33. The van der Waals surface area contributed by atoms with Crippen LogP contribution < -0.4 is 10.1 Å². The van der Waals surface area contributed by atoms with E-state index in [4.69, 9.17) is 4.74 Å². The number of benzene rings is 2. The van der Waals surface area contributed by atoms with Gasteiger partial charge in [-0.15, -0.1) is 13.2 Å². The molecule has 0 aliphatic rings. The van der Waals surface area contributed by atoms with E-state index in [0.717, 1.165) is 12.1 Å². The normalized spacial score (nSPS) is 12.2. The number of nitrogens with one attached hydrogen (secondary N) is 1. The molecule has 1 unspecified atom stereocenters. The molecule has 27 heavy (non-hydrogen) atoms. The van der Waals surface area contributed by atoms with Crippen LogP contribution in [-0.2, 0) is 20.7 Å². The number of alkyl halides is 3. The highest BCUT2D eigenvalue weighted by Gasteiger charge is 2.31. The maximum absolute atomic E-state index is 13.5. The molecule has 2 rings (SSSR count). The Morgan fingerprint density at radius 1 is 1.07 bits per heavy atom. The Kier molecular flexibility index (Phi) is 6.38. The number of hydrogen-bond acceptors (Lipinski definition) is 4. The second-order valence-corrected chi connectivity index (χ2v) is 5.46. The van der Waals surface area contributed by atoms with Crippen molar-refractivity contribution in [3.8, 4) is 5.75 Å². The highest BCUT2D eigenvalue weighted by atomic mass is 19.4. The minimum absolute atomic E-state index is 0.135. The summed E-state index contributed by atoms with van der Waals surface area (Å²) in [5, 5.41) is 2.39. The largest absolute Gasteiger partial charge is 0.573 e. The number of esters is 1. The highest BCUT2D eigenvalue weighted by molar-refractivity contribution is 5.95. The molecule has 0 fully saturated rings. The first kappa shape index (κ1) is 20.2. The van der Waals surface area contributed by atoms with E-state index in [9.17, 15) is 27.2 Å². The van der Waals surface area contributed by atoms with Crippen molar-refractivity contribution in [1.82, 2.24) is 0 Å². The van der Waals surface area contributed by atoms with Gasteiger partial charge in [0.05, 0.1) is 6.42 Å². The molecule has 0 aliphatic heterocycles. The Hall–Kier alpha value is -3.10. The van der Waals surface area contributed by atoms with Gasteiger partial charge in [-0.25, -0.2) is 4.39 Å². The van der Waals surface area contributed by atoms with E-state index < -0.39 is 35.9 Å². The molecule has 0 spiro atoms. The van der Waals surface area contributed by atoms with E-state index >= 15 is 0 Å². The zero-order valence-electron chi connectivity index (χ0n) is 14.0. The van der Waals surface area contributed by atoms with Gasteiger partial charge in [0.2, 0.25) is 0 Å². The number of amides is 1. The van der Waals surface area contributed by atoms with Crippen LogP contribution in [0.3, 0.4) is 0 Å². The van der Waals surface area contributed by atoms with Crippen LogP contribution in [-0.4, -0.2) is 24.3 Å². The average Bonchev–Trinajstić information content (AvgIpc) is 2.57. The molecule has 2 aromatic carbocycles. The van der Waals surface area contributed by atoms with E-state index in [1.807, 2.05) is 0 Å². The van der Waals surface area contributed by atoms with Gasteiger partial charge in [0.15, 0.2) is 6.10 Å². The van der Waals surface area contributed by atoms with Gasteiger partial charge in [0, 0.05) is 5.69 Å². The van der Waals surface area contributed by atoms with Crippen molar-refractivity contribution in [3.05, 3.63) is 59.9 Å². The molecule has 0 aromatic heterocycles. The lowest BCUT2D eigenvalue weighted by Crippen LogP contribution is -2.30. The summed E-state index contributed by atoms with van der Waals surface area (Å²) in [4.78, 5) is 23.8. The Labute approximate surface area is 151 Å². The predicted octanol–water partition coefficient (Wildman–Crippen LogP) is 3.84. The second-order valence-electron chi connectivity index (χ2n) is 5.46. The first-order chi connectivity index (χ1) is 12.6. The van der Waals surface area contributed by atoms with Crippen LogP contribution in [0.15, 0.2) is 48.5 Å². The van der Waals surface area contributed by atoms with Gasteiger partial charge in [-0.3, -0.25) is 9.59 Å². The summed E-state index contributed by atoms with van der Waals surface area (Å²) in [7, 11) is 0. The summed E-state index contributed by atoms with van der Waals surface area (Å²) in [5.74, 6) is -2.49. The van der Waals surface area contributed by atoms with Crippen molar-refractivity contribution >= 4 is 17.6 Å². The van der Waals surface area contributed by atoms with E-state index in [1.165, 1.54) is 37.3 Å². The van der Waals surface area contributed by atoms with E-state index in [1.54, 1.807) is 6.07 Å². The molecule has 0 saturated carbocycles. The zero-order valence-corrected chi connectivity index (χ0v) is 14.0. The van der Waals surface area contributed by atoms with E-state index in [0.29, 0.717) is 0 Å². The lowest BCUT2D eigenvalue weighted by Gasteiger charge is -2.14. The van der Waals surface area contributed by atoms with Crippen LogP contribution in [0, 0.1) is 5.82 Å². The minimum atomic E-state index is -4.81. The predicted molar refractivity (Wildman–Crippen MR) is 87.4 cm³/mol. The summed E-state index contributed by atoms with van der Waals surface area (Å²) < 4.78 is 58.4. The molecule has 0 heterocycles. The molecule has 5 nitrogen and oxygen atoms in total. The smallest absolute Gasteiger partial charge is 0.452 e. The standard InChI is InChI=1S/C18H15F4NO4/c1-11(26-16(24)10-12-4-2-3-5-15(12)19)17(25)23-13-6-8-14(9-7-13)27-18(20,21)22/h2-9,11H,10H2,1H3,(H,23,25). The van der Waals surface area contributed by atoms with Gasteiger partial charge in [0.1, 0.15) is 11.6 Å². The number of anilines is 1. The maximum atomic E-state index is 13.5. The van der Waals surface area contributed by atoms with Gasteiger partial charge in [-0.2, -0.15) is 0 Å². The summed E-state index contributed by atoms with van der Waals surface area (Å²) in [6.45, 7) is 1.32. The molecule has 1 atom stereocenters. The Balaban J connectivity index is 1.88. The Morgan fingerprint density at radius 2 is 1.70 bits per heavy atom. The molecule has 0 radical (unpaired) electrons. The van der Waals surface area contributed by atoms with Gasteiger partial charge >= 0.3 is 12.3 Å². The van der Waals surface area contributed by atoms with Crippen LogP contribution in [0.5, 0.6) is 5.75 Å². The zero-order chi connectivity index (χ0) is 20.0. The molecule has 1 N–H and O–H groups in total. The molecular formula is C18H15F4NO4. The third-order valence-corrected chi connectivity index (χ3v) is 3.33. The SMILES string of the molecule is CC(OC(=O)Cc1ccccc1F)C(=O)Nc1ccc(OC(F)(F)F)cc1. The number of hydrogen-bond donors (Lipinski definition) is 1. The number of halogens is 4. The summed E-state index contributed by atoms with van der Waals surface area (Å²) >= 11 is 0. The van der Waals surface area contributed by atoms with E-state index in [-0.39, 0.29) is 17.7 Å². The van der Waals surface area contributed by atoms with Crippen molar-refractivity contribution in [3.63, 3.8) is 0 Å². The summed E-state index contributed by atoms with van der Waals surface area (Å²) in [6, 6.07) is 10.1. The van der Waals surface area contributed by atoms with Crippen molar-refractivity contribution < 1.29 is 36.6 Å². The number of carbonyl (C=O) groups is 2. The molecule has 0 aliphatic carbocycles. The maximum Gasteiger partial charge on any atom is 0.573 e. The van der Waals surface area contributed by atoms with Crippen LogP contribution in [0.4, 0.5) is 23.2 Å². The fourth-order valence-electron chi connectivity index (χ4n) is 2.07. The number of ether oxygens (including phenoxy) is 2. The highest BCUT2D eigenvalue weighted by Crippen LogP contribution is 2.24. The second kappa shape index (κ2) is 8.52. The fraction of sp³-hybridized carbons (Fsp3) is 0.222. The fourth-order valence-corrected chi connectivity index (χ4v) is 2.07. The first-order valence-corrected chi connectivity index (χ1v) is 7.73. The lowest BCUT2D eigenvalue weighted by molar-refractivity contribution is -0.274. The van der Waals surface area contributed by atoms with Gasteiger partial charge in [-0.1, -0.05) is 18.2 Å². The van der Waals surface area contributed by atoms with Gasteiger partial charge in [0.25, 0.3) is 5.91 Å². The first-order valence-electron chi connectivity index (χ1n) is 7.73. The van der Waals surface area contributed by atoms with Crippen LogP contribution in [0.1, 0.15) is 12.5 Å². The Morgan fingerprint density at radius 3 is 2.30 bits per heavy atom. The quantitative estimate of drug-likeness (QED) is 0.606. The average molecular weight is 385 g/mol. The van der Waals surface area contributed by atoms with E-state index in [2.05, 4.69) is 10.1 Å². The molecule has 144 valence electrons. The van der Waals surface area contributed by atoms with Crippen LogP contribution >= 0.6 is 0 Å². The monoisotopic (exact) mass is 385 g/mol. The molecular weight excluding hydrogens is 370 g/mol. The van der Waals surface area contributed by atoms with Crippen molar-refractivity contribution in [1.29, 1.82) is 0 Å². The third kappa shape index (κ3) is 6.61. The minimum Gasteiger partial charge on any atom is -0.452 e. The van der Waals surface area contributed by atoms with Crippen LogP contribution in [0.2, 0.25) is 0 Å². The molecule has 2 aromatic rings. The van der Waals surface area contributed by atoms with Crippen LogP contribution in [0.25, 0.3) is 0 Å². The summed E-state index contributed by atoms with van der Waals surface area (Å²) in [5.41, 5.74) is 0.321. The lowest BCUT2D eigenvalue weighted by atomic mass is 10.1. The molecule has 0 saturated heterocycles. The van der Waals surface area contributed by atoms with Crippen molar-refractivity contribution in [2.24, 2.45) is 0 Å². The van der Waals surface area contributed by atoms with Crippen molar-refractivity contribution in [2.45, 2.75) is 25.8 Å². The van der Waals surface area contributed by atoms with Crippen molar-refractivity contribution in [2.75, 3.05) is 5.32 Å². The van der Waals surface area contributed by atoms with Gasteiger partial charge in [-0.05, 0) is 42.8 Å². The molecule has 0 bridgehead atoms. The summed E-state index contributed by atoms with van der Waals surface area (Å²) in [6.07, 6.45) is -6.34. The molecule has 1 amide bonds.